The highest BCUT2D eigenvalue weighted by atomic mass is 16.5. The van der Waals surface area contributed by atoms with Gasteiger partial charge in [-0.3, -0.25) is 9.59 Å². The number of carbonyl (C=O) groups is 2. The fraction of sp³-hybridized carbons (Fsp3) is 0.400. The maximum absolute atomic E-state index is 12.6. The van der Waals surface area contributed by atoms with Crippen LogP contribution in [0.5, 0.6) is 11.5 Å². The second kappa shape index (κ2) is 11.1. The molecule has 10 heteroatoms. The number of anilines is 1. The molecular formula is C25H30N4O6. The summed E-state index contributed by atoms with van der Waals surface area (Å²) in [5, 5.41) is 14.7. The van der Waals surface area contributed by atoms with Crippen molar-refractivity contribution in [3.05, 3.63) is 47.5 Å². The number of piperidine rings is 1. The Morgan fingerprint density at radius 1 is 1.23 bits per heavy atom. The summed E-state index contributed by atoms with van der Waals surface area (Å²) in [7, 11) is 1.61. The zero-order valence-corrected chi connectivity index (χ0v) is 19.9. The molecule has 0 radical (unpaired) electrons. The van der Waals surface area contributed by atoms with Crippen LogP contribution >= 0.6 is 0 Å². The van der Waals surface area contributed by atoms with Crippen molar-refractivity contribution in [2.75, 3.05) is 38.3 Å². The molecule has 0 aliphatic carbocycles. The average Bonchev–Trinajstić information content (AvgIpc) is 3.31. The van der Waals surface area contributed by atoms with Crippen LogP contribution in [0.2, 0.25) is 0 Å². The highest BCUT2D eigenvalue weighted by Crippen LogP contribution is 2.32. The third kappa shape index (κ3) is 5.65. The lowest BCUT2D eigenvalue weighted by molar-refractivity contribution is -0.135. The van der Waals surface area contributed by atoms with E-state index in [0.717, 1.165) is 31.5 Å². The van der Waals surface area contributed by atoms with Gasteiger partial charge in [0, 0.05) is 12.6 Å². The summed E-state index contributed by atoms with van der Waals surface area (Å²) in [6.45, 7) is 4.28. The number of nitrogens with zero attached hydrogens (tertiary/aromatic N) is 2. The number of para-hydroxylation sites is 1. The summed E-state index contributed by atoms with van der Waals surface area (Å²) in [6.07, 6.45) is 1.83. The number of amides is 1. The molecule has 186 valence electrons. The molecule has 0 atom stereocenters. The van der Waals surface area contributed by atoms with E-state index in [4.69, 9.17) is 24.0 Å². The molecule has 1 aromatic heterocycles. The molecule has 0 bridgehead atoms. The number of nitrogens with one attached hydrogen (secondary N) is 2. The number of aliphatic carboxylic acids is 1. The van der Waals surface area contributed by atoms with Crippen molar-refractivity contribution in [3.8, 4) is 11.5 Å². The number of hydrogen-bond donors (Lipinski definition) is 3. The van der Waals surface area contributed by atoms with Gasteiger partial charge in [0.15, 0.2) is 17.1 Å². The minimum absolute atomic E-state index is 0.186. The smallest absolute Gasteiger partial charge is 0.322 e. The Balaban J connectivity index is 1.68. The van der Waals surface area contributed by atoms with Gasteiger partial charge >= 0.3 is 5.97 Å². The summed E-state index contributed by atoms with van der Waals surface area (Å²) in [5.74, 6) is -0.284. The Bertz CT molecular complexity index is 1190. The van der Waals surface area contributed by atoms with Crippen LogP contribution in [0.1, 0.15) is 35.7 Å². The topological polar surface area (TPSA) is 126 Å². The first-order chi connectivity index (χ1) is 17.0. The molecule has 1 aliphatic rings. The second-order valence-electron chi connectivity index (χ2n) is 8.25. The molecule has 35 heavy (non-hydrogen) atoms. The van der Waals surface area contributed by atoms with Gasteiger partial charge in [0.2, 0.25) is 0 Å². The predicted molar refractivity (Wildman–Crippen MR) is 130 cm³/mol. The van der Waals surface area contributed by atoms with Gasteiger partial charge in [-0.15, -0.1) is 0 Å². The normalized spacial score (nSPS) is 14.0. The highest BCUT2D eigenvalue weighted by molar-refractivity contribution is 6.05. The van der Waals surface area contributed by atoms with Crippen molar-refractivity contribution in [1.29, 1.82) is 0 Å². The van der Waals surface area contributed by atoms with E-state index in [-0.39, 0.29) is 11.6 Å². The van der Waals surface area contributed by atoms with Gasteiger partial charge in [-0.1, -0.05) is 12.1 Å². The van der Waals surface area contributed by atoms with Gasteiger partial charge in [0.05, 0.1) is 19.3 Å². The third-order valence-electron chi connectivity index (χ3n) is 5.93. The summed E-state index contributed by atoms with van der Waals surface area (Å²) < 4.78 is 17.3. The first-order valence-electron chi connectivity index (χ1n) is 11.7. The van der Waals surface area contributed by atoms with Crippen LogP contribution < -0.4 is 25.0 Å². The van der Waals surface area contributed by atoms with Gasteiger partial charge in [-0.2, -0.15) is 4.98 Å². The van der Waals surface area contributed by atoms with Crippen molar-refractivity contribution in [3.63, 3.8) is 0 Å². The van der Waals surface area contributed by atoms with E-state index in [2.05, 4.69) is 15.5 Å². The summed E-state index contributed by atoms with van der Waals surface area (Å²) in [4.78, 5) is 30.3. The number of carbonyl (C=O) groups excluding carboxylic acids is 1. The highest BCUT2D eigenvalue weighted by Gasteiger charge is 2.27. The molecule has 0 unspecified atom stereocenters. The van der Waals surface area contributed by atoms with E-state index in [1.54, 1.807) is 25.3 Å². The predicted octanol–water partition coefficient (Wildman–Crippen LogP) is 2.81. The number of carboxylic acids is 1. The van der Waals surface area contributed by atoms with E-state index in [9.17, 15) is 9.59 Å². The number of oxazole rings is 1. The zero-order valence-electron chi connectivity index (χ0n) is 19.9. The van der Waals surface area contributed by atoms with Crippen LogP contribution in [0, 0.1) is 0 Å². The van der Waals surface area contributed by atoms with E-state index < -0.39 is 18.4 Å². The molecule has 1 saturated heterocycles. The van der Waals surface area contributed by atoms with Crippen molar-refractivity contribution in [2.45, 2.75) is 32.4 Å². The van der Waals surface area contributed by atoms with Crippen LogP contribution in [-0.2, 0) is 11.3 Å². The van der Waals surface area contributed by atoms with Crippen molar-refractivity contribution >= 4 is 29.0 Å². The van der Waals surface area contributed by atoms with Gasteiger partial charge in [-0.25, -0.2) is 0 Å². The molecular weight excluding hydrogens is 452 g/mol. The fourth-order valence-electron chi connectivity index (χ4n) is 4.25. The number of hydrogen-bond acceptors (Lipinski definition) is 8. The summed E-state index contributed by atoms with van der Waals surface area (Å²) >= 11 is 0. The van der Waals surface area contributed by atoms with Crippen molar-refractivity contribution in [2.24, 2.45) is 0 Å². The van der Waals surface area contributed by atoms with E-state index in [1.165, 1.54) is 0 Å². The molecule has 2 heterocycles. The minimum atomic E-state index is -1.12. The molecule has 0 saturated carbocycles. The maximum Gasteiger partial charge on any atom is 0.322 e. The largest absolute Gasteiger partial charge is 0.493 e. The maximum atomic E-state index is 12.6. The molecule has 3 aromatic rings. The minimum Gasteiger partial charge on any atom is -0.493 e. The van der Waals surface area contributed by atoms with Gasteiger partial charge < -0.3 is 34.5 Å². The average molecular weight is 483 g/mol. The zero-order chi connectivity index (χ0) is 24.8. The van der Waals surface area contributed by atoms with Gasteiger partial charge in [0.1, 0.15) is 12.1 Å². The number of carboxylic acid groups (broad SMARTS) is 1. The van der Waals surface area contributed by atoms with Crippen LogP contribution in [0.15, 0.2) is 40.8 Å². The standard InChI is InChI=1S/C25H30N4O6/c1-3-34-21-13-16(7-8-19(21)33-2)15-29(17-9-11-26-12-10-17)25-28-23-18(5-4-6-20(23)35-25)24(32)27-14-22(30)31/h4-8,13,17,26H,3,9-12,14-15H2,1-2H3,(H,27,32)(H,30,31). The number of fused-ring (bicyclic) bond motifs is 1. The molecule has 3 N–H and O–H groups in total. The molecule has 0 spiro atoms. The Morgan fingerprint density at radius 3 is 2.74 bits per heavy atom. The van der Waals surface area contributed by atoms with Gasteiger partial charge in [-0.05, 0) is 62.7 Å². The summed E-state index contributed by atoms with van der Waals surface area (Å²) in [6, 6.07) is 11.5. The van der Waals surface area contributed by atoms with E-state index in [1.807, 2.05) is 25.1 Å². The Kier molecular flexibility index (Phi) is 7.71. The second-order valence-corrected chi connectivity index (χ2v) is 8.25. The number of methoxy groups -OCH3 is 1. The summed E-state index contributed by atoms with van der Waals surface area (Å²) in [5.41, 5.74) is 2.14. The van der Waals surface area contributed by atoms with Crippen molar-refractivity contribution < 1.29 is 28.6 Å². The molecule has 10 nitrogen and oxygen atoms in total. The third-order valence-corrected chi connectivity index (χ3v) is 5.93. The van der Waals surface area contributed by atoms with E-state index >= 15 is 0 Å². The molecule has 1 amide bonds. The fourth-order valence-corrected chi connectivity index (χ4v) is 4.25. The SMILES string of the molecule is CCOc1cc(CN(c2nc3c(C(=O)NCC(=O)O)cccc3o2)C2CCNCC2)ccc1OC. The molecule has 1 fully saturated rings. The first kappa shape index (κ1) is 24.3. The van der Waals surface area contributed by atoms with Crippen LogP contribution in [0.25, 0.3) is 11.1 Å². The number of rotatable bonds is 10. The first-order valence-corrected chi connectivity index (χ1v) is 11.7. The lowest BCUT2D eigenvalue weighted by Gasteiger charge is -2.33. The lowest BCUT2D eigenvalue weighted by atomic mass is 10.0. The molecule has 4 rings (SSSR count). The molecule has 1 aliphatic heterocycles. The number of ether oxygens (including phenoxy) is 2. The number of benzene rings is 2. The molecule has 2 aromatic carbocycles. The lowest BCUT2D eigenvalue weighted by Crippen LogP contribution is -2.43. The number of aromatic nitrogens is 1. The quantitative estimate of drug-likeness (QED) is 0.400. The van der Waals surface area contributed by atoms with Crippen LogP contribution in [0.4, 0.5) is 6.01 Å². The Labute approximate surface area is 203 Å². The van der Waals surface area contributed by atoms with Crippen LogP contribution in [-0.4, -0.2) is 61.4 Å². The van der Waals surface area contributed by atoms with Crippen molar-refractivity contribution in [1.82, 2.24) is 15.6 Å². The Morgan fingerprint density at radius 2 is 2.03 bits per heavy atom. The van der Waals surface area contributed by atoms with Crippen LogP contribution in [0.3, 0.4) is 0 Å². The Hall–Kier alpha value is -3.79. The van der Waals surface area contributed by atoms with E-state index in [0.29, 0.717) is 41.8 Å². The van der Waals surface area contributed by atoms with Gasteiger partial charge in [0.25, 0.3) is 11.9 Å². The monoisotopic (exact) mass is 482 g/mol.